The monoisotopic (exact) mass is 406 g/mol. The third kappa shape index (κ3) is 4.82. The number of rotatable bonds is 7. The standard InChI is InChI=1S/C24H30N4O2/c1-28(16-18-5-3-2-4-6-18)24(29)21(25)15-17-7-9-19(10-8-17)30-22-12-14-27-23-20(22)11-13-26-23/h7-14,18,21H,2-6,15-16,25H2,1H3,(H,26,27)/t21-/m0/s1. The van der Waals surface area contributed by atoms with Gasteiger partial charge in [-0.25, -0.2) is 4.98 Å². The number of hydrogen-bond acceptors (Lipinski definition) is 4. The SMILES string of the molecule is CN(CC1CCCCC1)C(=O)[C@@H](N)Cc1ccc(Oc2ccnc3[nH]ccc23)cc1. The predicted molar refractivity (Wildman–Crippen MR) is 119 cm³/mol. The number of nitrogens with zero attached hydrogens (tertiary/aromatic N) is 2. The smallest absolute Gasteiger partial charge is 0.239 e. The molecule has 0 unspecified atom stereocenters. The third-order valence-electron chi connectivity index (χ3n) is 5.98. The molecule has 0 bridgehead atoms. The summed E-state index contributed by atoms with van der Waals surface area (Å²) in [5.74, 6) is 2.13. The van der Waals surface area contributed by atoms with Gasteiger partial charge in [-0.15, -0.1) is 0 Å². The van der Waals surface area contributed by atoms with E-state index in [4.69, 9.17) is 10.5 Å². The maximum absolute atomic E-state index is 12.7. The molecule has 1 aliphatic rings. The van der Waals surface area contributed by atoms with Gasteiger partial charge in [-0.05, 0) is 55.0 Å². The van der Waals surface area contributed by atoms with Crippen molar-refractivity contribution in [1.29, 1.82) is 0 Å². The summed E-state index contributed by atoms with van der Waals surface area (Å²) in [6.45, 7) is 0.818. The van der Waals surface area contributed by atoms with Gasteiger partial charge in [0.15, 0.2) is 0 Å². The number of carbonyl (C=O) groups excluding carboxylic acids is 1. The second-order valence-corrected chi connectivity index (χ2v) is 8.33. The average Bonchev–Trinajstić information content (AvgIpc) is 3.25. The lowest BCUT2D eigenvalue weighted by molar-refractivity contribution is -0.132. The van der Waals surface area contributed by atoms with Crippen molar-refractivity contribution in [2.45, 2.75) is 44.6 Å². The molecular weight excluding hydrogens is 376 g/mol. The normalized spacial score (nSPS) is 15.8. The minimum absolute atomic E-state index is 0.0209. The van der Waals surface area contributed by atoms with Gasteiger partial charge in [-0.2, -0.15) is 0 Å². The predicted octanol–water partition coefficient (Wildman–Crippen LogP) is 4.26. The number of aromatic amines is 1. The maximum Gasteiger partial charge on any atom is 0.239 e. The Morgan fingerprint density at radius 2 is 1.97 bits per heavy atom. The summed E-state index contributed by atoms with van der Waals surface area (Å²) < 4.78 is 6.01. The molecule has 158 valence electrons. The second kappa shape index (κ2) is 9.30. The zero-order valence-corrected chi connectivity index (χ0v) is 17.5. The van der Waals surface area contributed by atoms with Crippen LogP contribution in [0.25, 0.3) is 11.0 Å². The first-order valence-electron chi connectivity index (χ1n) is 10.8. The van der Waals surface area contributed by atoms with Crippen molar-refractivity contribution in [3.8, 4) is 11.5 Å². The molecule has 0 aliphatic heterocycles. The zero-order valence-electron chi connectivity index (χ0n) is 17.5. The van der Waals surface area contributed by atoms with Crippen LogP contribution in [0.5, 0.6) is 11.5 Å². The van der Waals surface area contributed by atoms with Crippen LogP contribution >= 0.6 is 0 Å². The Labute approximate surface area is 177 Å². The number of carbonyl (C=O) groups is 1. The van der Waals surface area contributed by atoms with Crippen LogP contribution < -0.4 is 10.5 Å². The molecule has 6 heteroatoms. The Morgan fingerprint density at radius 1 is 1.20 bits per heavy atom. The third-order valence-corrected chi connectivity index (χ3v) is 5.98. The highest BCUT2D eigenvalue weighted by molar-refractivity contribution is 5.82. The summed E-state index contributed by atoms with van der Waals surface area (Å²) >= 11 is 0. The molecule has 1 atom stereocenters. The molecule has 4 rings (SSSR count). The Balaban J connectivity index is 1.33. The van der Waals surface area contributed by atoms with Crippen LogP contribution in [0.1, 0.15) is 37.7 Å². The number of H-pyrrole nitrogens is 1. The van der Waals surface area contributed by atoms with Crippen LogP contribution in [0.4, 0.5) is 0 Å². The Kier molecular flexibility index (Phi) is 6.33. The Morgan fingerprint density at radius 3 is 2.73 bits per heavy atom. The van der Waals surface area contributed by atoms with E-state index < -0.39 is 6.04 Å². The van der Waals surface area contributed by atoms with Crippen LogP contribution in [-0.4, -0.2) is 40.4 Å². The number of aromatic nitrogens is 2. The van der Waals surface area contributed by atoms with Gasteiger partial charge in [0.25, 0.3) is 0 Å². The number of likely N-dealkylation sites (N-methyl/N-ethyl adjacent to an activating group) is 1. The van der Waals surface area contributed by atoms with E-state index >= 15 is 0 Å². The summed E-state index contributed by atoms with van der Waals surface area (Å²) in [6.07, 6.45) is 10.4. The van der Waals surface area contributed by atoms with Crippen molar-refractivity contribution in [2.24, 2.45) is 11.7 Å². The number of benzene rings is 1. The molecule has 1 fully saturated rings. The van der Waals surface area contributed by atoms with E-state index in [-0.39, 0.29) is 5.91 Å². The fourth-order valence-electron chi connectivity index (χ4n) is 4.32. The Bertz CT molecular complexity index is 976. The molecule has 0 radical (unpaired) electrons. The summed E-state index contributed by atoms with van der Waals surface area (Å²) in [5, 5.41) is 0.940. The van der Waals surface area contributed by atoms with Gasteiger partial charge < -0.3 is 20.4 Å². The number of amides is 1. The van der Waals surface area contributed by atoms with Crippen molar-refractivity contribution in [3.63, 3.8) is 0 Å². The van der Waals surface area contributed by atoms with E-state index in [0.29, 0.717) is 12.3 Å². The van der Waals surface area contributed by atoms with Crippen molar-refractivity contribution >= 4 is 16.9 Å². The minimum Gasteiger partial charge on any atom is -0.457 e. The van der Waals surface area contributed by atoms with Crippen molar-refractivity contribution in [2.75, 3.05) is 13.6 Å². The summed E-state index contributed by atoms with van der Waals surface area (Å²) in [4.78, 5) is 21.9. The lowest BCUT2D eigenvalue weighted by Crippen LogP contribution is -2.44. The molecule has 2 heterocycles. The van der Waals surface area contributed by atoms with Gasteiger partial charge in [-0.3, -0.25) is 4.79 Å². The number of ether oxygens (including phenoxy) is 1. The molecule has 1 amide bonds. The number of hydrogen-bond donors (Lipinski definition) is 2. The molecular formula is C24H30N4O2. The number of nitrogens with two attached hydrogens (primary N) is 1. The largest absolute Gasteiger partial charge is 0.457 e. The lowest BCUT2D eigenvalue weighted by Gasteiger charge is -2.28. The first-order valence-corrected chi connectivity index (χ1v) is 10.8. The number of nitrogens with one attached hydrogen (secondary N) is 1. The van der Waals surface area contributed by atoms with Crippen molar-refractivity contribution in [3.05, 3.63) is 54.4 Å². The molecule has 3 N–H and O–H groups in total. The zero-order chi connectivity index (χ0) is 20.9. The highest BCUT2D eigenvalue weighted by Gasteiger charge is 2.22. The van der Waals surface area contributed by atoms with Crippen LogP contribution in [0, 0.1) is 5.92 Å². The topological polar surface area (TPSA) is 84.2 Å². The molecule has 1 saturated carbocycles. The fraction of sp³-hybridized carbons (Fsp3) is 0.417. The van der Waals surface area contributed by atoms with Crippen LogP contribution in [0.15, 0.2) is 48.8 Å². The second-order valence-electron chi connectivity index (χ2n) is 8.33. The summed E-state index contributed by atoms with van der Waals surface area (Å²) in [7, 11) is 1.88. The van der Waals surface area contributed by atoms with Gasteiger partial charge in [0.1, 0.15) is 17.1 Å². The highest BCUT2D eigenvalue weighted by Crippen LogP contribution is 2.28. The molecule has 1 aromatic carbocycles. The molecule has 1 aliphatic carbocycles. The first-order chi connectivity index (χ1) is 14.6. The molecule has 2 aromatic heterocycles. The number of fused-ring (bicyclic) bond motifs is 1. The van der Waals surface area contributed by atoms with Gasteiger partial charge in [-0.1, -0.05) is 31.4 Å². The van der Waals surface area contributed by atoms with Crippen LogP contribution in [-0.2, 0) is 11.2 Å². The van der Waals surface area contributed by atoms with Crippen LogP contribution in [0.2, 0.25) is 0 Å². The van der Waals surface area contributed by atoms with E-state index in [1.807, 2.05) is 54.5 Å². The molecule has 0 saturated heterocycles. The van der Waals surface area contributed by atoms with Gasteiger partial charge in [0, 0.05) is 26.0 Å². The van der Waals surface area contributed by atoms with Gasteiger partial charge >= 0.3 is 0 Å². The molecule has 30 heavy (non-hydrogen) atoms. The lowest BCUT2D eigenvalue weighted by atomic mass is 9.89. The van der Waals surface area contributed by atoms with E-state index in [2.05, 4.69) is 9.97 Å². The maximum atomic E-state index is 12.7. The van der Waals surface area contributed by atoms with E-state index in [1.54, 1.807) is 6.20 Å². The van der Waals surface area contributed by atoms with E-state index in [9.17, 15) is 4.79 Å². The van der Waals surface area contributed by atoms with E-state index in [1.165, 1.54) is 32.1 Å². The fourth-order valence-corrected chi connectivity index (χ4v) is 4.32. The van der Waals surface area contributed by atoms with Crippen molar-refractivity contribution < 1.29 is 9.53 Å². The molecule has 6 nitrogen and oxygen atoms in total. The van der Waals surface area contributed by atoms with Crippen molar-refractivity contribution in [1.82, 2.24) is 14.9 Å². The highest BCUT2D eigenvalue weighted by atomic mass is 16.5. The van der Waals surface area contributed by atoms with Gasteiger partial charge in [0.05, 0.1) is 11.4 Å². The Hall–Kier alpha value is -2.86. The molecule has 0 spiro atoms. The number of pyridine rings is 1. The van der Waals surface area contributed by atoms with Crippen LogP contribution in [0.3, 0.4) is 0 Å². The van der Waals surface area contributed by atoms with E-state index in [0.717, 1.165) is 34.6 Å². The average molecular weight is 407 g/mol. The molecule has 3 aromatic rings. The first kappa shape index (κ1) is 20.4. The minimum atomic E-state index is -0.523. The quantitative estimate of drug-likeness (QED) is 0.614. The van der Waals surface area contributed by atoms with Gasteiger partial charge in [0.2, 0.25) is 5.91 Å². The summed E-state index contributed by atoms with van der Waals surface area (Å²) in [6, 6.07) is 11.0. The summed E-state index contributed by atoms with van der Waals surface area (Å²) in [5.41, 5.74) is 8.06.